The molecule has 0 nitrogen and oxygen atoms in total. The van der Waals surface area contributed by atoms with Gasteiger partial charge in [0.25, 0.3) is 0 Å². The fraction of sp³-hybridized carbons (Fsp3) is 0.333. The predicted octanol–water partition coefficient (Wildman–Crippen LogP) is 2.68. The molecule has 0 saturated heterocycles. The van der Waals surface area contributed by atoms with Gasteiger partial charge in [-0.2, -0.15) is 0 Å². The monoisotopic (exact) mass is 148 g/mol. The molecule has 1 aliphatic rings. The summed E-state index contributed by atoms with van der Waals surface area (Å²) in [5.74, 6) is 0. The van der Waals surface area contributed by atoms with Crippen LogP contribution in [0.1, 0.15) is 6.42 Å². The minimum Gasteiger partial charge on any atom is -0.117 e. The van der Waals surface area contributed by atoms with Crippen molar-refractivity contribution in [2.24, 2.45) is 0 Å². The van der Waals surface area contributed by atoms with Gasteiger partial charge in [-0.05, 0) is 17.6 Å². The van der Waals surface area contributed by atoms with Crippen LogP contribution >= 0.6 is 23.2 Å². The Morgan fingerprint density at radius 1 is 1.75 bits per heavy atom. The summed E-state index contributed by atoms with van der Waals surface area (Å²) in [7, 11) is 0. The maximum Gasteiger partial charge on any atom is 0.0623 e. The van der Waals surface area contributed by atoms with Crippen molar-refractivity contribution in [2.75, 3.05) is 0 Å². The number of hydrogen-bond acceptors (Lipinski definition) is 0. The van der Waals surface area contributed by atoms with Crippen LogP contribution in [0.25, 0.3) is 0 Å². The van der Waals surface area contributed by atoms with Crippen LogP contribution in [0.2, 0.25) is 0 Å². The third kappa shape index (κ3) is 0.785. The Hall–Kier alpha value is 0.0600. The summed E-state index contributed by atoms with van der Waals surface area (Å²) < 4.78 is 0. The lowest BCUT2D eigenvalue weighted by Gasteiger charge is -2.25. The first-order valence-corrected chi connectivity index (χ1v) is 3.25. The molecule has 0 amide bonds. The van der Waals surface area contributed by atoms with Gasteiger partial charge in [-0.3, -0.25) is 0 Å². The maximum atomic E-state index is 5.67. The van der Waals surface area contributed by atoms with E-state index in [9.17, 15) is 0 Å². The van der Waals surface area contributed by atoms with Gasteiger partial charge in [0.2, 0.25) is 0 Å². The first kappa shape index (κ1) is 6.18. The van der Waals surface area contributed by atoms with E-state index < -0.39 is 0 Å². The average Bonchev–Trinajstić information content (AvgIpc) is 1.81. The van der Waals surface area contributed by atoms with E-state index in [1.165, 1.54) is 0 Å². The molecule has 0 aliphatic heterocycles. The zero-order chi connectivity index (χ0) is 6.15. The Labute approximate surface area is 58.8 Å². The highest BCUT2D eigenvalue weighted by Gasteiger charge is 2.24. The number of allylic oxidation sites excluding steroid dienone is 2. The summed E-state index contributed by atoms with van der Waals surface area (Å²) in [6.45, 7) is 3.71. The number of alkyl halides is 1. The summed E-state index contributed by atoms with van der Waals surface area (Å²) in [6, 6.07) is 0. The van der Waals surface area contributed by atoms with Crippen LogP contribution in [0.3, 0.4) is 0 Å². The predicted molar refractivity (Wildman–Crippen MR) is 37.3 cm³/mol. The largest absolute Gasteiger partial charge is 0.117 e. The molecule has 1 fully saturated rings. The quantitative estimate of drug-likeness (QED) is 0.464. The van der Waals surface area contributed by atoms with Crippen molar-refractivity contribution in [3.05, 3.63) is 23.3 Å². The van der Waals surface area contributed by atoms with Gasteiger partial charge in [-0.25, -0.2) is 0 Å². The summed E-state index contributed by atoms with van der Waals surface area (Å²) in [4.78, 5) is 0. The third-order valence-corrected chi connectivity index (χ3v) is 2.00. The van der Waals surface area contributed by atoms with Crippen LogP contribution in [0.5, 0.6) is 0 Å². The van der Waals surface area contributed by atoms with Crippen molar-refractivity contribution in [1.82, 2.24) is 0 Å². The van der Waals surface area contributed by atoms with Gasteiger partial charge in [0.15, 0.2) is 0 Å². The van der Waals surface area contributed by atoms with Gasteiger partial charge in [0.05, 0.1) is 5.38 Å². The number of hydrogen-bond donors (Lipinski definition) is 0. The smallest absolute Gasteiger partial charge is 0.0623 e. The second-order valence-corrected chi connectivity index (χ2v) is 2.58. The van der Waals surface area contributed by atoms with E-state index >= 15 is 0 Å². The molecule has 2 heteroatoms. The Kier molecular flexibility index (Phi) is 1.64. The highest BCUT2D eigenvalue weighted by atomic mass is 35.5. The molecular weight excluding hydrogens is 143 g/mol. The molecule has 1 unspecified atom stereocenters. The summed E-state index contributed by atoms with van der Waals surface area (Å²) in [5, 5.41) is 0.139. The van der Waals surface area contributed by atoms with E-state index in [1.54, 1.807) is 5.54 Å². The first-order chi connectivity index (χ1) is 3.75. The lowest BCUT2D eigenvalue weighted by atomic mass is 9.88. The molecule has 0 N–H and O–H groups in total. The van der Waals surface area contributed by atoms with Crippen LogP contribution in [0, 0.1) is 0 Å². The molecule has 1 aliphatic carbocycles. The fourth-order valence-electron chi connectivity index (χ4n) is 0.632. The van der Waals surface area contributed by atoms with Crippen LogP contribution in [-0.2, 0) is 0 Å². The Balaban J connectivity index is 2.61. The SMILES string of the molecule is C=C1/C(=C\Cl)CC1Cl. The lowest BCUT2D eigenvalue weighted by molar-refractivity contribution is 0.842. The average molecular weight is 149 g/mol. The summed E-state index contributed by atoms with van der Waals surface area (Å²) in [6.07, 6.45) is 0.879. The molecule has 1 rings (SSSR count). The Morgan fingerprint density at radius 2 is 2.38 bits per heavy atom. The first-order valence-electron chi connectivity index (χ1n) is 2.38. The number of halogens is 2. The van der Waals surface area contributed by atoms with Crippen LogP contribution in [0.4, 0.5) is 0 Å². The molecule has 0 heterocycles. The van der Waals surface area contributed by atoms with E-state index in [1.807, 2.05) is 0 Å². The third-order valence-electron chi connectivity index (χ3n) is 1.32. The topological polar surface area (TPSA) is 0 Å². The van der Waals surface area contributed by atoms with Crippen LogP contribution in [-0.4, -0.2) is 5.38 Å². The van der Waals surface area contributed by atoms with Gasteiger partial charge < -0.3 is 0 Å². The van der Waals surface area contributed by atoms with E-state index in [-0.39, 0.29) is 5.38 Å². The summed E-state index contributed by atoms with van der Waals surface area (Å²) >= 11 is 11.1. The molecule has 8 heavy (non-hydrogen) atoms. The zero-order valence-electron chi connectivity index (χ0n) is 4.32. The molecular formula is C6H6Cl2. The Bertz CT molecular complexity index is 147. The van der Waals surface area contributed by atoms with Gasteiger partial charge in [-0.1, -0.05) is 18.2 Å². The van der Waals surface area contributed by atoms with Crippen LogP contribution in [0.15, 0.2) is 23.3 Å². The molecule has 1 saturated carbocycles. The second kappa shape index (κ2) is 2.12. The zero-order valence-corrected chi connectivity index (χ0v) is 5.84. The van der Waals surface area contributed by atoms with Crippen molar-refractivity contribution in [3.8, 4) is 0 Å². The molecule has 1 atom stereocenters. The van der Waals surface area contributed by atoms with Crippen LogP contribution < -0.4 is 0 Å². The summed E-state index contributed by atoms with van der Waals surface area (Å²) in [5.41, 5.74) is 3.61. The molecule has 0 aromatic rings. The maximum absolute atomic E-state index is 5.67. The highest BCUT2D eigenvalue weighted by molar-refractivity contribution is 6.28. The van der Waals surface area contributed by atoms with Gasteiger partial charge in [0, 0.05) is 5.54 Å². The van der Waals surface area contributed by atoms with E-state index in [0.29, 0.717) is 0 Å². The second-order valence-electron chi connectivity index (χ2n) is 1.83. The molecule has 0 aromatic heterocycles. The van der Waals surface area contributed by atoms with E-state index in [4.69, 9.17) is 23.2 Å². The molecule has 0 aromatic carbocycles. The van der Waals surface area contributed by atoms with Gasteiger partial charge >= 0.3 is 0 Å². The Morgan fingerprint density at radius 3 is 2.50 bits per heavy atom. The van der Waals surface area contributed by atoms with Crippen molar-refractivity contribution in [2.45, 2.75) is 11.8 Å². The molecule has 0 radical (unpaired) electrons. The molecule has 44 valence electrons. The molecule has 0 bridgehead atoms. The lowest BCUT2D eigenvalue weighted by Crippen LogP contribution is -2.17. The van der Waals surface area contributed by atoms with Crippen molar-refractivity contribution in [1.29, 1.82) is 0 Å². The van der Waals surface area contributed by atoms with E-state index in [2.05, 4.69) is 6.58 Å². The normalized spacial score (nSPS) is 33.0. The van der Waals surface area contributed by atoms with Gasteiger partial charge in [-0.15, -0.1) is 11.6 Å². The van der Waals surface area contributed by atoms with Crippen molar-refractivity contribution in [3.63, 3.8) is 0 Å². The van der Waals surface area contributed by atoms with E-state index in [0.717, 1.165) is 17.6 Å². The highest BCUT2D eigenvalue weighted by Crippen LogP contribution is 2.36. The minimum absolute atomic E-state index is 0.139. The van der Waals surface area contributed by atoms with Crippen molar-refractivity contribution < 1.29 is 0 Å². The van der Waals surface area contributed by atoms with Gasteiger partial charge in [0.1, 0.15) is 0 Å². The minimum atomic E-state index is 0.139. The fourth-order valence-corrected chi connectivity index (χ4v) is 1.17. The number of rotatable bonds is 0. The van der Waals surface area contributed by atoms with Crippen molar-refractivity contribution >= 4 is 23.2 Å². The molecule has 0 spiro atoms. The standard InChI is InChI=1S/C6H6Cl2/c1-4-5(3-7)2-6(4)8/h3,6H,1-2H2/b5-3-.